The Morgan fingerprint density at radius 2 is 1.75 bits per heavy atom. The maximum absolute atomic E-state index is 13.7. The van der Waals surface area contributed by atoms with E-state index in [1.807, 2.05) is 26.0 Å². The van der Waals surface area contributed by atoms with E-state index in [0.29, 0.717) is 30.0 Å². The number of carbonyl (C=O) groups is 2. The predicted octanol–water partition coefficient (Wildman–Crippen LogP) is 4.03. The summed E-state index contributed by atoms with van der Waals surface area (Å²) in [4.78, 5) is 25.8. The van der Waals surface area contributed by atoms with Crippen molar-refractivity contribution in [2.75, 3.05) is 18.4 Å². The number of benzene rings is 2. The summed E-state index contributed by atoms with van der Waals surface area (Å²) in [6, 6.07) is 13.7. The smallest absolute Gasteiger partial charge is 0.226 e. The number of amides is 2. The van der Waals surface area contributed by atoms with Gasteiger partial charge in [-0.2, -0.15) is 0 Å². The minimum Gasteiger partial charge on any atom is -0.489 e. The van der Waals surface area contributed by atoms with Crippen molar-refractivity contribution in [1.29, 1.82) is 0 Å². The highest BCUT2D eigenvalue weighted by molar-refractivity contribution is 5.92. The second-order valence-corrected chi connectivity index (χ2v) is 6.81. The van der Waals surface area contributed by atoms with Gasteiger partial charge in [0.25, 0.3) is 0 Å². The Bertz CT molecular complexity index is 808. The van der Waals surface area contributed by atoms with Crippen molar-refractivity contribution < 1.29 is 18.7 Å². The van der Waals surface area contributed by atoms with Gasteiger partial charge in [-0.25, -0.2) is 4.39 Å². The van der Waals surface area contributed by atoms with Gasteiger partial charge in [0.1, 0.15) is 11.6 Å². The van der Waals surface area contributed by atoms with Crippen LogP contribution in [0.25, 0.3) is 0 Å². The summed E-state index contributed by atoms with van der Waals surface area (Å²) in [6.45, 7) is 5.91. The molecule has 0 bridgehead atoms. The summed E-state index contributed by atoms with van der Waals surface area (Å²) in [5, 5.41) is 2.83. The van der Waals surface area contributed by atoms with Gasteiger partial charge in [0.2, 0.25) is 11.8 Å². The third-order valence-corrected chi connectivity index (χ3v) is 4.19. The molecule has 0 aliphatic carbocycles. The van der Waals surface area contributed by atoms with Crippen LogP contribution in [0.15, 0.2) is 48.5 Å². The Labute approximate surface area is 165 Å². The normalized spacial score (nSPS) is 10.6. The van der Waals surface area contributed by atoms with Crippen LogP contribution in [0.3, 0.4) is 0 Å². The van der Waals surface area contributed by atoms with Gasteiger partial charge < -0.3 is 15.0 Å². The fourth-order valence-corrected chi connectivity index (χ4v) is 2.76. The highest BCUT2D eigenvalue weighted by atomic mass is 19.1. The van der Waals surface area contributed by atoms with Gasteiger partial charge in [-0.15, -0.1) is 0 Å². The number of halogens is 1. The molecule has 28 heavy (non-hydrogen) atoms. The van der Waals surface area contributed by atoms with E-state index in [1.54, 1.807) is 35.2 Å². The molecule has 0 saturated carbocycles. The fourth-order valence-electron chi connectivity index (χ4n) is 2.76. The first kappa shape index (κ1) is 21.4. The molecule has 0 saturated heterocycles. The number of carbonyl (C=O) groups excluding carboxylic acids is 2. The Morgan fingerprint density at radius 3 is 2.43 bits per heavy atom. The molecule has 2 rings (SSSR count). The van der Waals surface area contributed by atoms with Crippen molar-refractivity contribution in [3.05, 3.63) is 59.9 Å². The molecule has 150 valence electrons. The zero-order valence-electron chi connectivity index (χ0n) is 16.6. The Balaban J connectivity index is 1.90. The lowest BCUT2D eigenvalue weighted by molar-refractivity contribution is -0.129. The van der Waals surface area contributed by atoms with E-state index in [2.05, 4.69) is 5.32 Å². The first-order valence-corrected chi connectivity index (χ1v) is 9.41. The van der Waals surface area contributed by atoms with Crippen LogP contribution >= 0.6 is 0 Å². The molecule has 6 heteroatoms. The van der Waals surface area contributed by atoms with E-state index in [-0.39, 0.29) is 36.7 Å². The van der Waals surface area contributed by atoms with Crippen LogP contribution in [0.4, 0.5) is 10.1 Å². The molecule has 2 aromatic carbocycles. The maximum atomic E-state index is 13.7. The van der Waals surface area contributed by atoms with Gasteiger partial charge >= 0.3 is 0 Å². The van der Waals surface area contributed by atoms with E-state index < -0.39 is 0 Å². The number of hydrogen-bond acceptors (Lipinski definition) is 3. The van der Waals surface area contributed by atoms with Crippen LogP contribution in [-0.4, -0.2) is 35.9 Å². The number of nitrogens with one attached hydrogen (secondary N) is 1. The Morgan fingerprint density at radius 1 is 1.07 bits per heavy atom. The van der Waals surface area contributed by atoms with E-state index in [9.17, 15) is 14.0 Å². The van der Waals surface area contributed by atoms with Gasteiger partial charge in [0.05, 0.1) is 11.8 Å². The summed E-state index contributed by atoms with van der Waals surface area (Å²) in [6.07, 6.45) is 0.538. The molecular formula is C22H27FN2O3. The fraction of sp³-hybridized carbons (Fsp3) is 0.364. The van der Waals surface area contributed by atoms with E-state index in [1.165, 1.54) is 13.0 Å². The third-order valence-electron chi connectivity index (χ3n) is 4.19. The number of hydrogen-bond donors (Lipinski definition) is 1. The van der Waals surface area contributed by atoms with Gasteiger partial charge in [0, 0.05) is 26.4 Å². The SMILES string of the molecule is CC(=O)N(CCC(=O)Nc1ccccc1OC(C)C)CCc1ccccc1F. The highest BCUT2D eigenvalue weighted by Crippen LogP contribution is 2.25. The number of nitrogens with zero attached hydrogens (tertiary/aromatic N) is 1. The van der Waals surface area contributed by atoms with Gasteiger partial charge in [0.15, 0.2) is 0 Å². The van der Waals surface area contributed by atoms with Crippen LogP contribution in [0.1, 0.15) is 32.8 Å². The molecule has 0 heterocycles. The number of anilines is 1. The number of ether oxygens (including phenoxy) is 1. The van der Waals surface area contributed by atoms with E-state index in [0.717, 1.165) is 0 Å². The lowest BCUT2D eigenvalue weighted by Gasteiger charge is -2.21. The van der Waals surface area contributed by atoms with Crippen LogP contribution in [0, 0.1) is 5.82 Å². The quantitative estimate of drug-likeness (QED) is 0.708. The van der Waals surface area contributed by atoms with Crippen molar-refractivity contribution >= 4 is 17.5 Å². The zero-order chi connectivity index (χ0) is 20.5. The summed E-state index contributed by atoms with van der Waals surface area (Å²) >= 11 is 0. The van der Waals surface area contributed by atoms with Crippen LogP contribution < -0.4 is 10.1 Å². The van der Waals surface area contributed by atoms with Crippen LogP contribution in [-0.2, 0) is 16.0 Å². The molecular weight excluding hydrogens is 359 g/mol. The standard InChI is InChI=1S/C22H27FN2O3/c1-16(2)28-21-11-7-6-10-20(21)24-22(27)13-15-25(17(3)26)14-12-18-8-4-5-9-19(18)23/h4-11,16H,12-15H2,1-3H3,(H,24,27). The largest absolute Gasteiger partial charge is 0.489 e. The van der Waals surface area contributed by atoms with Crippen LogP contribution in [0.2, 0.25) is 0 Å². The molecule has 0 radical (unpaired) electrons. The van der Waals surface area contributed by atoms with Gasteiger partial charge in [-0.1, -0.05) is 30.3 Å². The van der Waals surface area contributed by atoms with Gasteiger partial charge in [-0.3, -0.25) is 9.59 Å². The molecule has 5 nitrogen and oxygen atoms in total. The molecule has 0 aliphatic heterocycles. The molecule has 2 amide bonds. The topological polar surface area (TPSA) is 58.6 Å². The second-order valence-electron chi connectivity index (χ2n) is 6.81. The molecule has 0 atom stereocenters. The number of para-hydroxylation sites is 2. The summed E-state index contributed by atoms with van der Waals surface area (Å²) in [5.74, 6) is -0.0380. The van der Waals surface area contributed by atoms with Crippen LogP contribution in [0.5, 0.6) is 5.75 Å². The zero-order valence-corrected chi connectivity index (χ0v) is 16.6. The summed E-state index contributed by atoms with van der Waals surface area (Å²) < 4.78 is 19.4. The van der Waals surface area contributed by atoms with Crippen molar-refractivity contribution in [2.24, 2.45) is 0 Å². The Kier molecular flexibility index (Phi) is 7.99. The minimum atomic E-state index is -0.287. The molecule has 0 aromatic heterocycles. The average molecular weight is 386 g/mol. The molecule has 0 aliphatic rings. The lowest BCUT2D eigenvalue weighted by atomic mass is 10.1. The van der Waals surface area contributed by atoms with Crippen molar-refractivity contribution in [3.63, 3.8) is 0 Å². The van der Waals surface area contributed by atoms with Gasteiger partial charge in [-0.05, 0) is 44.0 Å². The first-order valence-electron chi connectivity index (χ1n) is 9.41. The van der Waals surface area contributed by atoms with E-state index in [4.69, 9.17) is 4.74 Å². The van der Waals surface area contributed by atoms with E-state index >= 15 is 0 Å². The van der Waals surface area contributed by atoms with Crippen molar-refractivity contribution in [3.8, 4) is 5.75 Å². The van der Waals surface area contributed by atoms with Crippen molar-refractivity contribution in [1.82, 2.24) is 4.90 Å². The monoisotopic (exact) mass is 386 g/mol. The highest BCUT2D eigenvalue weighted by Gasteiger charge is 2.14. The summed E-state index contributed by atoms with van der Waals surface area (Å²) in [5.41, 5.74) is 1.15. The molecule has 0 fully saturated rings. The third kappa shape index (κ3) is 6.68. The predicted molar refractivity (Wildman–Crippen MR) is 108 cm³/mol. The maximum Gasteiger partial charge on any atom is 0.226 e. The molecule has 0 unspecified atom stereocenters. The second kappa shape index (κ2) is 10.4. The average Bonchev–Trinajstić information content (AvgIpc) is 2.64. The molecule has 0 spiro atoms. The van der Waals surface area contributed by atoms with Crippen molar-refractivity contribution in [2.45, 2.75) is 39.7 Å². The number of rotatable bonds is 9. The lowest BCUT2D eigenvalue weighted by Crippen LogP contribution is -2.34. The summed E-state index contributed by atoms with van der Waals surface area (Å²) in [7, 11) is 0. The molecule has 1 N–H and O–H groups in total. The Hall–Kier alpha value is -2.89. The first-order chi connectivity index (χ1) is 13.4. The minimum absolute atomic E-state index is 0.00959. The molecule has 2 aromatic rings.